The summed E-state index contributed by atoms with van der Waals surface area (Å²) in [6.45, 7) is 0. The van der Waals surface area contributed by atoms with Crippen LogP contribution < -0.4 is 20.1 Å². The molecule has 3 N–H and O–H groups in total. The molecule has 9 nitrogen and oxygen atoms in total. The van der Waals surface area contributed by atoms with Gasteiger partial charge < -0.3 is 25.2 Å². The second-order valence-electron chi connectivity index (χ2n) is 9.96. The smallest absolute Gasteiger partial charge is 0.337 e. The Hall–Kier alpha value is -4.60. The van der Waals surface area contributed by atoms with Crippen LogP contribution in [0.5, 0.6) is 17.2 Å². The number of benzene rings is 3. The van der Waals surface area contributed by atoms with Crippen LogP contribution in [0.4, 0.5) is 5.69 Å². The van der Waals surface area contributed by atoms with Gasteiger partial charge in [-0.25, -0.2) is 9.78 Å². The Balaban J connectivity index is 1.08. The lowest BCUT2D eigenvalue weighted by molar-refractivity contribution is 0.0697. The number of nitrogens with one attached hydrogen (secondary N) is 2. The number of carbonyl (C=O) groups is 3. The van der Waals surface area contributed by atoms with Crippen molar-refractivity contribution in [2.24, 2.45) is 0 Å². The van der Waals surface area contributed by atoms with Gasteiger partial charge in [-0.2, -0.15) is 0 Å². The van der Waals surface area contributed by atoms with Crippen molar-refractivity contribution < 1.29 is 29.0 Å². The van der Waals surface area contributed by atoms with Crippen LogP contribution in [-0.4, -0.2) is 40.0 Å². The summed E-state index contributed by atoms with van der Waals surface area (Å²) in [7, 11) is 0. The molecular formula is C32H27Cl2N3O6. The van der Waals surface area contributed by atoms with Gasteiger partial charge in [0.15, 0.2) is 0 Å². The predicted octanol–water partition coefficient (Wildman–Crippen LogP) is 7.25. The Kier molecular flexibility index (Phi) is 9.44. The summed E-state index contributed by atoms with van der Waals surface area (Å²) >= 11 is 11.8. The van der Waals surface area contributed by atoms with E-state index in [0.29, 0.717) is 22.6 Å². The van der Waals surface area contributed by atoms with Crippen LogP contribution in [0.15, 0.2) is 85.1 Å². The fraction of sp³-hybridized carbons (Fsp3) is 0.188. The van der Waals surface area contributed by atoms with Crippen LogP contribution in [0.1, 0.15) is 56.8 Å². The van der Waals surface area contributed by atoms with Gasteiger partial charge >= 0.3 is 5.97 Å². The molecule has 1 heterocycles. The van der Waals surface area contributed by atoms with Gasteiger partial charge in [-0.3, -0.25) is 9.59 Å². The normalized spacial score (nSPS) is 16.1. The van der Waals surface area contributed by atoms with Crippen molar-refractivity contribution in [2.75, 3.05) is 5.32 Å². The first-order chi connectivity index (χ1) is 20.7. The molecule has 3 aromatic carbocycles. The van der Waals surface area contributed by atoms with E-state index in [1.165, 1.54) is 24.4 Å². The number of carboxylic acid groups (broad SMARTS) is 1. The highest BCUT2D eigenvalue weighted by atomic mass is 35.5. The predicted molar refractivity (Wildman–Crippen MR) is 163 cm³/mol. The largest absolute Gasteiger partial charge is 0.490 e. The van der Waals surface area contributed by atoms with Gasteiger partial charge in [0.25, 0.3) is 11.8 Å². The highest BCUT2D eigenvalue weighted by molar-refractivity contribution is 6.41. The number of anilines is 1. The van der Waals surface area contributed by atoms with Crippen LogP contribution in [0, 0.1) is 0 Å². The van der Waals surface area contributed by atoms with E-state index in [1.807, 2.05) is 12.1 Å². The number of carboxylic acids is 1. The van der Waals surface area contributed by atoms with E-state index in [2.05, 4.69) is 15.6 Å². The number of para-hydroxylation sites is 1. The Labute approximate surface area is 257 Å². The van der Waals surface area contributed by atoms with Crippen molar-refractivity contribution in [3.05, 3.63) is 112 Å². The maximum atomic E-state index is 12.6. The van der Waals surface area contributed by atoms with E-state index in [9.17, 15) is 19.5 Å². The fourth-order valence-electron chi connectivity index (χ4n) is 4.70. The third-order valence-electron chi connectivity index (χ3n) is 6.95. The van der Waals surface area contributed by atoms with Gasteiger partial charge in [0.05, 0.1) is 27.9 Å². The number of hydrogen-bond donors (Lipinski definition) is 3. The summed E-state index contributed by atoms with van der Waals surface area (Å²) in [4.78, 5) is 40.5. The van der Waals surface area contributed by atoms with E-state index in [4.69, 9.17) is 32.7 Å². The molecule has 0 atom stereocenters. The molecule has 11 heteroatoms. The SMILES string of the molecule is O=C(Nc1ccccc1C(=O)O)c1ccc(Oc2ccc(OC3CCC(NC(=O)c4cnc(Cl)c(Cl)c4)CC3)cc2)cc1. The lowest BCUT2D eigenvalue weighted by Crippen LogP contribution is -2.39. The average Bonchev–Trinajstić information content (AvgIpc) is 3.01. The van der Waals surface area contributed by atoms with E-state index < -0.39 is 11.9 Å². The summed E-state index contributed by atoms with van der Waals surface area (Å²) in [6, 6.07) is 21.6. The Morgan fingerprint density at radius 2 is 1.42 bits per heavy atom. The first kappa shape index (κ1) is 29.9. The molecule has 4 aromatic rings. The molecule has 1 aliphatic carbocycles. The lowest BCUT2D eigenvalue weighted by Gasteiger charge is -2.29. The topological polar surface area (TPSA) is 127 Å². The Morgan fingerprint density at radius 1 is 0.791 bits per heavy atom. The van der Waals surface area contributed by atoms with E-state index in [1.54, 1.807) is 48.5 Å². The lowest BCUT2D eigenvalue weighted by atomic mass is 9.92. The molecule has 0 bridgehead atoms. The number of carbonyl (C=O) groups excluding carboxylic acids is 2. The number of nitrogens with zero attached hydrogens (tertiary/aromatic N) is 1. The zero-order valence-corrected chi connectivity index (χ0v) is 24.3. The van der Waals surface area contributed by atoms with E-state index in [-0.39, 0.29) is 39.5 Å². The van der Waals surface area contributed by atoms with Crippen molar-refractivity contribution in [1.29, 1.82) is 0 Å². The van der Waals surface area contributed by atoms with Gasteiger partial charge in [0.1, 0.15) is 22.4 Å². The molecule has 0 saturated heterocycles. The highest BCUT2D eigenvalue weighted by Gasteiger charge is 2.24. The van der Waals surface area contributed by atoms with E-state index in [0.717, 1.165) is 31.4 Å². The molecule has 2 amide bonds. The maximum absolute atomic E-state index is 12.6. The van der Waals surface area contributed by atoms with Crippen molar-refractivity contribution in [3.63, 3.8) is 0 Å². The van der Waals surface area contributed by atoms with Crippen LogP contribution in [0.2, 0.25) is 10.2 Å². The minimum Gasteiger partial charge on any atom is -0.490 e. The summed E-state index contributed by atoms with van der Waals surface area (Å²) in [5.41, 5.74) is 0.964. The summed E-state index contributed by atoms with van der Waals surface area (Å²) in [5, 5.41) is 15.4. The summed E-state index contributed by atoms with van der Waals surface area (Å²) in [6.07, 6.45) is 4.60. The first-order valence-corrected chi connectivity index (χ1v) is 14.3. The molecule has 1 aromatic heterocycles. The number of aromatic nitrogens is 1. The molecule has 43 heavy (non-hydrogen) atoms. The fourth-order valence-corrected chi connectivity index (χ4v) is 4.97. The van der Waals surface area contributed by atoms with Crippen molar-refractivity contribution in [3.8, 4) is 17.2 Å². The minimum atomic E-state index is -1.12. The number of amides is 2. The van der Waals surface area contributed by atoms with Crippen LogP contribution >= 0.6 is 23.2 Å². The van der Waals surface area contributed by atoms with E-state index >= 15 is 0 Å². The number of halogens is 2. The zero-order valence-electron chi connectivity index (χ0n) is 22.8. The van der Waals surface area contributed by atoms with Gasteiger partial charge in [-0.05, 0) is 92.4 Å². The van der Waals surface area contributed by atoms with Gasteiger partial charge in [-0.1, -0.05) is 35.3 Å². The molecule has 1 fully saturated rings. The van der Waals surface area contributed by atoms with Gasteiger partial charge in [0.2, 0.25) is 0 Å². The Bertz CT molecular complexity index is 1620. The number of ether oxygens (including phenoxy) is 2. The number of rotatable bonds is 9. The zero-order chi connectivity index (χ0) is 30.3. The second kappa shape index (κ2) is 13.6. The molecule has 0 aliphatic heterocycles. The summed E-state index contributed by atoms with van der Waals surface area (Å²) < 4.78 is 12.1. The van der Waals surface area contributed by atoms with Crippen LogP contribution in [0.3, 0.4) is 0 Å². The van der Waals surface area contributed by atoms with Crippen molar-refractivity contribution >= 4 is 46.7 Å². The number of pyridine rings is 1. The third kappa shape index (κ3) is 7.82. The van der Waals surface area contributed by atoms with Crippen molar-refractivity contribution in [1.82, 2.24) is 10.3 Å². The molecule has 1 aliphatic rings. The summed E-state index contributed by atoms with van der Waals surface area (Å²) in [5.74, 6) is 0.0725. The highest BCUT2D eigenvalue weighted by Crippen LogP contribution is 2.28. The maximum Gasteiger partial charge on any atom is 0.337 e. The molecule has 0 unspecified atom stereocenters. The van der Waals surface area contributed by atoms with Gasteiger partial charge in [0, 0.05) is 17.8 Å². The van der Waals surface area contributed by atoms with Crippen LogP contribution in [-0.2, 0) is 0 Å². The monoisotopic (exact) mass is 619 g/mol. The number of hydrogen-bond acceptors (Lipinski definition) is 6. The molecular weight excluding hydrogens is 593 g/mol. The second-order valence-corrected chi connectivity index (χ2v) is 10.7. The molecule has 220 valence electrons. The molecule has 0 radical (unpaired) electrons. The Morgan fingerprint density at radius 3 is 2.07 bits per heavy atom. The molecule has 0 spiro atoms. The first-order valence-electron chi connectivity index (χ1n) is 13.6. The quantitative estimate of drug-likeness (QED) is 0.168. The molecule has 1 saturated carbocycles. The van der Waals surface area contributed by atoms with Gasteiger partial charge in [-0.15, -0.1) is 0 Å². The number of aromatic carboxylic acids is 1. The van der Waals surface area contributed by atoms with Crippen LogP contribution in [0.25, 0.3) is 0 Å². The van der Waals surface area contributed by atoms with Crippen molar-refractivity contribution in [2.45, 2.75) is 37.8 Å². The standard InChI is InChI=1S/C32H27Cl2N3O6/c33-27-17-20(18-35-29(27)34)31(39)36-21-7-11-23(12-8-21)43-25-15-13-24(14-16-25)42-22-9-5-19(6-10-22)30(38)37-28-4-2-1-3-26(28)32(40)41/h1-6,9-10,13-18,21,23H,7-8,11-12H2,(H,36,39)(H,37,38)(H,40,41). The third-order valence-corrected chi connectivity index (χ3v) is 7.64. The minimum absolute atomic E-state index is 0.0127. The molecule has 5 rings (SSSR count). The average molecular weight is 620 g/mol.